The Morgan fingerprint density at radius 3 is 2.24 bits per heavy atom. The van der Waals surface area contributed by atoms with Crippen LogP contribution in [0.3, 0.4) is 0 Å². The summed E-state index contributed by atoms with van der Waals surface area (Å²) in [6.45, 7) is 12.5. The Hall–Kier alpha value is -1.32. The number of carbonyl (C=O) groups is 2. The minimum absolute atomic E-state index is 0.0261. The lowest BCUT2D eigenvalue weighted by molar-refractivity contribution is -0.244. The highest BCUT2D eigenvalue weighted by molar-refractivity contribution is 5.87. The fourth-order valence-electron chi connectivity index (χ4n) is 7.22. The second-order valence-corrected chi connectivity index (χ2v) is 11.2. The molecule has 162 valence electrons. The van der Waals surface area contributed by atoms with E-state index in [1.165, 1.54) is 32.1 Å². The highest BCUT2D eigenvalue weighted by Gasteiger charge is 2.65. The standard InChI is InChI=1S/C25H38O4/c1-6-17(4)25(19-11-18-12-20(25)15-23(5,13-18)14-19)29-22(27)24(7-8-24)9-10-28-21(26)16(2)3/h17-20H,2,6-15H2,1,3-5H3. The highest BCUT2D eigenvalue weighted by Crippen LogP contribution is 2.67. The minimum atomic E-state index is -0.436. The number of carbonyl (C=O) groups excluding carboxylic acids is 2. The van der Waals surface area contributed by atoms with Gasteiger partial charge in [-0.15, -0.1) is 0 Å². The van der Waals surface area contributed by atoms with E-state index < -0.39 is 5.41 Å². The van der Waals surface area contributed by atoms with Crippen molar-refractivity contribution in [3.05, 3.63) is 12.2 Å². The van der Waals surface area contributed by atoms with Crippen LogP contribution in [0.5, 0.6) is 0 Å². The average Bonchev–Trinajstić information content (AvgIpc) is 3.43. The van der Waals surface area contributed by atoms with E-state index in [9.17, 15) is 9.59 Å². The monoisotopic (exact) mass is 402 g/mol. The molecule has 0 heterocycles. The molecule has 5 rings (SSSR count). The van der Waals surface area contributed by atoms with Crippen molar-refractivity contribution < 1.29 is 19.1 Å². The quantitative estimate of drug-likeness (QED) is 0.400. The maximum atomic E-state index is 13.5. The van der Waals surface area contributed by atoms with Crippen LogP contribution in [-0.4, -0.2) is 24.1 Å². The van der Waals surface area contributed by atoms with Crippen molar-refractivity contribution >= 4 is 11.9 Å². The molecule has 0 amide bonds. The van der Waals surface area contributed by atoms with Gasteiger partial charge >= 0.3 is 11.9 Å². The summed E-state index contributed by atoms with van der Waals surface area (Å²) in [4.78, 5) is 25.1. The molecule has 0 aromatic carbocycles. The van der Waals surface area contributed by atoms with Crippen molar-refractivity contribution in [1.82, 2.24) is 0 Å². The zero-order chi connectivity index (χ0) is 21.0. The third kappa shape index (κ3) is 3.45. The van der Waals surface area contributed by atoms with Crippen LogP contribution in [0.25, 0.3) is 0 Å². The van der Waals surface area contributed by atoms with Crippen LogP contribution in [0.2, 0.25) is 0 Å². The van der Waals surface area contributed by atoms with Crippen LogP contribution < -0.4 is 0 Å². The molecule has 3 unspecified atom stereocenters. The van der Waals surface area contributed by atoms with E-state index in [-0.39, 0.29) is 24.1 Å². The summed E-state index contributed by atoms with van der Waals surface area (Å²) in [6.07, 6.45) is 9.55. The van der Waals surface area contributed by atoms with Gasteiger partial charge in [0.25, 0.3) is 0 Å². The van der Waals surface area contributed by atoms with Crippen molar-refractivity contribution in [3.8, 4) is 0 Å². The van der Waals surface area contributed by atoms with Crippen molar-refractivity contribution in [2.45, 2.75) is 91.1 Å². The van der Waals surface area contributed by atoms with Gasteiger partial charge in [0, 0.05) is 17.4 Å². The molecule has 4 bridgehead atoms. The van der Waals surface area contributed by atoms with Crippen molar-refractivity contribution in [2.24, 2.45) is 34.5 Å². The molecule has 0 aromatic rings. The molecule has 0 aliphatic heterocycles. The summed E-state index contributed by atoms with van der Waals surface area (Å²) in [5, 5.41) is 0. The molecule has 0 N–H and O–H groups in total. The Balaban J connectivity index is 1.49. The van der Waals surface area contributed by atoms with Gasteiger partial charge in [0.05, 0.1) is 12.0 Å². The number of ether oxygens (including phenoxy) is 2. The zero-order valence-electron chi connectivity index (χ0n) is 18.7. The summed E-state index contributed by atoms with van der Waals surface area (Å²) < 4.78 is 11.9. The second-order valence-electron chi connectivity index (χ2n) is 11.2. The van der Waals surface area contributed by atoms with Gasteiger partial charge in [0.2, 0.25) is 0 Å². The zero-order valence-corrected chi connectivity index (χ0v) is 18.7. The highest BCUT2D eigenvalue weighted by atomic mass is 16.6. The first-order valence-corrected chi connectivity index (χ1v) is 11.7. The molecule has 0 aromatic heterocycles. The Morgan fingerprint density at radius 2 is 1.76 bits per heavy atom. The molecule has 4 heteroatoms. The third-order valence-electron chi connectivity index (χ3n) is 8.87. The van der Waals surface area contributed by atoms with Crippen molar-refractivity contribution in [1.29, 1.82) is 0 Å². The fraction of sp³-hybridized carbons (Fsp3) is 0.840. The van der Waals surface area contributed by atoms with Gasteiger partial charge in [-0.1, -0.05) is 27.4 Å². The largest absolute Gasteiger partial charge is 0.462 e. The maximum absolute atomic E-state index is 13.5. The average molecular weight is 403 g/mol. The number of hydrogen-bond acceptors (Lipinski definition) is 4. The first-order chi connectivity index (χ1) is 13.6. The summed E-state index contributed by atoms with van der Waals surface area (Å²) in [5.74, 6) is 1.83. The first-order valence-electron chi connectivity index (χ1n) is 11.7. The first kappa shape index (κ1) is 20.9. The summed E-state index contributed by atoms with van der Waals surface area (Å²) in [5.41, 5.74) is 0.129. The molecule has 5 aliphatic carbocycles. The fourth-order valence-corrected chi connectivity index (χ4v) is 7.22. The van der Waals surface area contributed by atoms with E-state index >= 15 is 0 Å². The van der Waals surface area contributed by atoms with Gasteiger partial charge in [0.15, 0.2) is 0 Å². The van der Waals surface area contributed by atoms with Gasteiger partial charge in [-0.05, 0) is 82.0 Å². The second kappa shape index (κ2) is 7.13. The third-order valence-corrected chi connectivity index (χ3v) is 8.87. The Labute approximate surface area is 175 Å². The number of esters is 2. The topological polar surface area (TPSA) is 52.6 Å². The lowest BCUT2D eigenvalue weighted by Gasteiger charge is -2.65. The molecule has 5 fully saturated rings. The molecule has 5 aliphatic rings. The molecule has 5 saturated carbocycles. The van der Waals surface area contributed by atoms with E-state index in [1.807, 2.05) is 0 Å². The van der Waals surface area contributed by atoms with Crippen molar-refractivity contribution in [2.75, 3.05) is 6.61 Å². The van der Waals surface area contributed by atoms with Gasteiger partial charge in [-0.3, -0.25) is 4.79 Å². The predicted molar refractivity (Wildman–Crippen MR) is 112 cm³/mol. The summed E-state index contributed by atoms with van der Waals surface area (Å²) in [7, 11) is 0. The summed E-state index contributed by atoms with van der Waals surface area (Å²) >= 11 is 0. The van der Waals surface area contributed by atoms with Gasteiger partial charge < -0.3 is 9.47 Å². The van der Waals surface area contributed by atoms with E-state index in [0.29, 0.717) is 35.2 Å². The van der Waals surface area contributed by atoms with E-state index in [1.54, 1.807) is 6.92 Å². The van der Waals surface area contributed by atoms with Crippen LogP contribution in [-0.2, 0) is 19.1 Å². The predicted octanol–water partition coefficient (Wildman–Crippen LogP) is 5.45. The number of rotatable bonds is 8. The SMILES string of the molecule is C=C(C)C(=O)OCCC1(C(=O)OC2(C(C)CC)C3CC4CC2CC(C)(C4)C3)CC1. The van der Waals surface area contributed by atoms with E-state index in [0.717, 1.165) is 25.2 Å². The molecular formula is C25H38O4. The van der Waals surface area contributed by atoms with E-state index in [4.69, 9.17) is 9.47 Å². The lowest BCUT2D eigenvalue weighted by Crippen LogP contribution is -2.65. The summed E-state index contributed by atoms with van der Waals surface area (Å²) in [6, 6.07) is 0. The molecule has 0 spiro atoms. The Morgan fingerprint density at radius 1 is 1.14 bits per heavy atom. The molecule has 29 heavy (non-hydrogen) atoms. The van der Waals surface area contributed by atoms with E-state index in [2.05, 4.69) is 27.4 Å². The normalized spacial score (nSPS) is 39.7. The van der Waals surface area contributed by atoms with Crippen LogP contribution in [0.1, 0.15) is 85.5 Å². The molecule has 0 saturated heterocycles. The molecule has 0 radical (unpaired) electrons. The van der Waals surface area contributed by atoms with Crippen LogP contribution in [0.4, 0.5) is 0 Å². The molecule has 4 nitrogen and oxygen atoms in total. The maximum Gasteiger partial charge on any atom is 0.333 e. The van der Waals surface area contributed by atoms with Crippen LogP contribution in [0, 0.1) is 34.5 Å². The smallest absolute Gasteiger partial charge is 0.333 e. The van der Waals surface area contributed by atoms with Gasteiger partial charge in [-0.2, -0.15) is 0 Å². The van der Waals surface area contributed by atoms with Crippen molar-refractivity contribution in [3.63, 3.8) is 0 Å². The van der Waals surface area contributed by atoms with Crippen LogP contribution >= 0.6 is 0 Å². The Kier molecular flexibility index (Phi) is 5.15. The molecule has 3 atom stereocenters. The molecular weight excluding hydrogens is 364 g/mol. The van der Waals surface area contributed by atoms with Gasteiger partial charge in [-0.25, -0.2) is 4.79 Å². The Bertz CT molecular complexity index is 688. The van der Waals surface area contributed by atoms with Gasteiger partial charge in [0.1, 0.15) is 5.60 Å². The minimum Gasteiger partial charge on any atom is -0.462 e. The number of hydrogen-bond donors (Lipinski definition) is 0. The van der Waals surface area contributed by atoms with Crippen LogP contribution in [0.15, 0.2) is 12.2 Å². The lowest BCUT2D eigenvalue weighted by atomic mass is 9.43.